The van der Waals surface area contributed by atoms with Crippen molar-refractivity contribution in [2.45, 2.75) is 6.92 Å². The van der Waals surface area contributed by atoms with Crippen LogP contribution in [0.3, 0.4) is 0 Å². The molecule has 0 atom stereocenters. The van der Waals surface area contributed by atoms with Crippen molar-refractivity contribution in [3.63, 3.8) is 0 Å². The average Bonchev–Trinajstić information content (AvgIpc) is 3.36. The van der Waals surface area contributed by atoms with Crippen molar-refractivity contribution in [2.24, 2.45) is 0 Å². The Hall–Kier alpha value is -3.59. The van der Waals surface area contributed by atoms with Gasteiger partial charge in [0.05, 0.1) is 18.5 Å². The van der Waals surface area contributed by atoms with Crippen LogP contribution in [0, 0.1) is 12.7 Å². The molecule has 0 bridgehead atoms. The maximum atomic E-state index is 14.3. The van der Waals surface area contributed by atoms with Gasteiger partial charge in [-0.15, -0.1) is 16.4 Å². The summed E-state index contributed by atoms with van der Waals surface area (Å²) in [7, 11) is 1.50. The van der Waals surface area contributed by atoms with Crippen molar-refractivity contribution < 1.29 is 13.9 Å². The highest BCUT2D eigenvalue weighted by Crippen LogP contribution is 2.36. The van der Waals surface area contributed by atoms with Crippen LogP contribution in [0.5, 0.6) is 5.75 Å². The standard InChI is InChI=1S/C20H16FN5O2S/c1-12-23-24-25-26(12)14-8-9-15(21)16(10-14)22-20(27)19-17(28-2)11-18(29-19)13-6-4-3-5-7-13/h3-11H,1-2H3,(H,22,27). The Balaban J connectivity index is 1.65. The van der Waals surface area contributed by atoms with E-state index in [2.05, 4.69) is 20.8 Å². The van der Waals surface area contributed by atoms with Crippen LogP contribution in [0.2, 0.25) is 0 Å². The average molecular weight is 409 g/mol. The van der Waals surface area contributed by atoms with Crippen molar-refractivity contribution in [1.82, 2.24) is 20.2 Å². The van der Waals surface area contributed by atoms with E-state index in [1.165, 1.54) is 41.3 Å². The second-order valence-electron chi connectivity index (χ2n) is 6.13. The molecule has 4 aromatic rings. The summed E-state index contributed by atoms with van der Waals surface area (Å²) >= 11 is 1.28. The largest absolute Gasteiger partial charge is 0.495 e. The van der Waals surface area contributed by atoms with Crippen LogP contribution >= 0.6 is 11.3 Å². The van der Waals surface area contributed by atoms with E-state index >= 15 is 0 Å². The maximum Gasteiger partial charge on any atom is 0.269 e. The molecule has 7 nitrogen and oxygen atoms in total. The zero-order valence-electron chi connectivity index (χ0n) is 15.6. The molecule has 0 aliphatic rings. The summed E-state index contributed by atoms with van der Waals surface area (Å²) in [6, 6.07) is 15.7. The van der Waals surface area contributed by atoms with E-state index in [0.717, 1.165) is 10.4 Å². The zero-order valence-corrected chi connectivity index (χ0v) is 16.4. The number of halogens is 1. The van der Waals surface area contributed by atoms with Gasteiger partial charge in [0.15, 0.2) is 5.82 Å². The number of carbonyl (C=O) groups is 1. The second-order valence-corrected chi connectivity index (χ2v) is 7.18. The van der Waals surface area contributed by atoms with Gasteiger partial charge in [0, 0.05) is 4.88 Å². The van der Waals surface area contributed by atoms with Gasteiger partial charge in [-0.05, 0) is 47.2 Å². The van der Waals surface area contributed by atoms with Gasteiger partial charge >= 0.3 is 0 Å². The van der Waals surface area contributed by atoms with Gasteiger partial charge < -0.3 is 10.1 Å². The number of thiophene rings is 1. The summed E-state index contributed by atoms with van der Waals surface area (Å²) in [5.74, 6) is -0.0503. The lowest BCUT2D eigenvalue weighted by Crippen LogP contribution is -2.13. The first-order valence-corrected chi connectivity index (χ1v) is 9.48. The quantitative estimate of drug-likeness (QED) is 0.537. The van der Waals surface area contributed by atoms with E-state index in [1.807, 2.05) is 30.3 Å². The minimum absolute atomic E-state index is 0.0270. The predicted octanol–water partition coefficient (Wildman–Crippen LogP) is 4.10. The van der Waals surface area contributed by atoms with Crippen molar-refractivity contribution in [1.29, 1.82) is 0 Å². The van der Waals surface area contributed by atoms with E-state index < -0.39 is 11.7 Å². The molecule has 0 unspecified atom stereocenters. The Morgan fingerprint density at radius 2 is 1.97 bits per heavy atom. The molecule has 0 fully saturated rings. The molecule has 1 amide bonds. The summed E-state index contributed by atoms with van der Waals surface area (Å²) in [5.41, 5.74) is 1.53. The molecule has 146 valence electrons. The van der Waals surface area contributed by atoms with Gasteiger partial charge in [-0.1, -0.05) is 30.3 Å². The van der Waals surface area contributed by atoms with Crippen LogP contribution in [-0.4, -0.2) is 33.2 Å². The van der Waals surface area contributed by atoms with E-state index in [0.29, 0.717) is 22.1 Å². The Kier molecular flexibility index (Phi) is 5.05. The SMILES string of the molecule is COc1cc(-c2ccccc2)sc1C(=O)Nc1cc(-n2nnnc2C)ccc1F. The smallest absolute Gasteiger partial charge is 0.269 e. The van der Waals surface area contributed by atoms with E-state index in [-0.39, 0.29) is 5.69 Å². The number of amides is 1. The van der Waals surface area contributed by atoms with Crippen LogP contribution in [0.1, 0.15) is 15.5 Å². The first kappa shape index (κ1) is 18.8. The van der Waals surface area contributed by atoms with Gasteiger partial charge in [0.25, 0.3) is 5.91 Å². The third-order valence-electron chi connectivity index (χ3n) is 4.25. The van der Waals surface area contributed by atoms with Crippen molar-refractivity contribution in [2.75, 3.05) is 12.4 Å². The van der Waals surface area contributed by atoms with Crippen LogP contribution in [-0.2, 0) is 0 Å². The van der Waals surface area contributed by atoms with Crippen LogP contribution in [0.25, 0.3) is 16.1 Å². The third-order valence-corrected chi connectivity index (χ3v) is 5.41. The summed E-state index contributed by atoms with van der Waals surface area (Å²) in [5, 5.41) is 13.9. The Morgan fingerprint density at radius 1 is 1.17 bits per heavy atom. The third kappa shape index (κ3) is 3.72. The fourth-order valence-corrected chi connectivity index (χ4v) is 3.85. The molecule has 2 heterocycles. The molecule has 2 aromatic heterocycles. The van der Waals surface area contributed by atoms with Crippen molar-refractivity contribution in [3.8, 4) is 21.9 Å². The maximum absolute atomic E-state index is 14.3. The van der Waals surface area contributed by atoms with E-state index in [4.69, 9.17) is 4.74 Å². The highest BCUT2D eigenvalue weighted by atomic mass is 32.1. The molecule has 1 N–H and O–H groups in total. The number of hydrogen-bond donors (Lipinski definition) is 1. The lowest BCUT2D eigenvalue weighted by Gasteiger charge is -2.09. The molecule has 0 aliphatic heterocycles. The zero-order chi connectivity index (χ0) is 20.4. The summed E-state index contributed by atoms with van der Waals surface area (Å²) < 4.78 is 21.1. The molecule has 0 spiro atoms. The molecule has 0 saturated carbocycles. The lowest BCUT2D eigenvalue weighted by atomic mass is 10.2. The molecule has 0 saturated heterocycles. The number of rotatable bonds is 5. The predicted molar refractivity (Wildman–Crippen MR) is 108 cm³/mol. The number of tetrazole rings is 1. The van der Waals surface area contributed by atoms with Gasteiger partial charge in [0.2, 0.25) is 0 Å². The van der Waals surface area contributed by atoms with Gasteiger partial charge in [-0.3, -0.25) is 4.79 Å². The number of aromatic nitrogens is 4. The van der Waals surface area contributed by atoms with Crippen LogP contribution in [0.15, 0.2) is 54.6 Å². The molecule has 4 rings (SSSR count). The highest BCUT2D eigenvalue weighted by molar-refractivity contribution is 7.17. The van der Waals surface area contributed by atoms with E-state index in [1.54, 1.807) is 13.0 Å². The molecule has 9 heteroatoms. The van der Waals surface area contributed by atoms with E-state index in [9.17, 15) is 9.18 Å². The number of carbonyl (C=O) groups excluding carboxylic acids is 1. The minimum Gasteiger partial charge on any atom is -0.495 e. The normalized spacial score (nSPS) is 10.7. The topological polar surface area (TPSA) is 81.9 Å². The monoisotopic (exact) mass is 409 g/mol. The fourth-order valence-electron chi connectivity index (χ4n) is 2.82. The Bertz CT molecular complexity index is 1170. The lowest BCUT2D eigenvalue weighted by molar-refractivity contribution is 0.102. The van der Waals surface area contributed by atoms with Crippen LogP contribution in [0.4, 0.5) is 10.1 Å². The first-order valence-electron chi connectivity index (χ1n) is 8.66. The number of ether oxygens (including phenoxy) is 1. The summed E-state index contributed by atoms with van der Waals surface area (Å²) in [6.45, 7) is 1.73. The number of nitrogens with zero attached hydrogens (tertiary/aromatic N) is 4. The molecule has 2 aromatic carbocycles. The Labute approximate surface area is 169 Å². The van der Waals surface area contributed by atoms with Gasteiger partial charge in [-0.25, -0.2) is 4.39 Å². The number of anilines is 1. The molecule has 0 aliphatic carbocycles. The fraction of sp³-hybridized carbons (Fsp3) is 0.100. The van der Waals surface area contributed by atoms with Crippen molar-refractivity contribution in [3.05, 3.63) is 71.1 Å². The summed E-state index contributed by atoms with van der Waals surface area (Å²) in [6.07, 6.45) is 0. The number of aryl methyl sites for hydroxylation is 1. The number of hydrogen-bond acceptors (Lipinski definition) is 6. The molecular formula is C20H16FN5O2S. The minimum atomic E-state index is -0.563. The second kappa shape index (κ2) is 7.80. The van der Waals surface area contributed by atoms with Gasteiger partial charge in [0.1, 0.15) is 16.4 Å². The van der Waals surface area contributed by atoms with Crippen molar-refractivity contribution >= 4 is 22.9 Å². The highest BCUT2D eigenvalue weighted by Gasteiger charge is 2.20. The molecule has 29 heavy (non-hydrogen) atoms. The molecule has 0 radical (unpaired) electrons. The number of nitrogens with one attached hydrogen (secondary N) is 1. The number of methoxy groups -OCH3 is 1. The van der Waals surface area contributed by atoms with Crippen LogP contribution < -0.4 is 10.1 Å². The Morgan fingerprint density at radius 3 is 2.66 bits per heavy atom. The first-order chi connectivity index (χ1) is 14.1. The molecular weight excluding hydrogens is 393 g/mol. The van der Waals surface area contributed by atoms with Gasteiger partial charge in [-0.2, -0.15) is 4.68 Å². The summed E-state index contributed by atoms with van der Waals surface area (Å²) in [4.78, 5) is 14.1. The number of benzene rings is 2.